The summed E-state index contributed by atoms with van der Waals surface area (Å²) in [5.74, 6) is 0. The van der Waals surface area contributed by atoms with Crippen LogP contribution in [0.5, 0.6) is 0 Å². The maximum atomic E-state index is 13.1. The number of alkyl halides is 3. The fourth-order valence-electron chi connectivity index (χ4n) is 3.04. The highest BCUT2D eigenvalue weighted by Gasteiger charge is 2.31. The van der Waals surface area contributed by atoms with Crippen LogP contribution >= 0.6 is 23.8 Å². The molecule has 2 heterocycles. The molecule has 0 spiro atoms. The lowest BCUT2D eigenvalue weighted by Crippen LogP contribution is -2.44. The van der Waals surface area contributed by atoms with E-state index in [1.54, 1.807) is 12.4 Å². The van der Waals surface area contributed by atoms with Crippen molar-refractivity contribution in [2.45, 2.75) is 12.7 Å². The maximum Gasteiger partial charge on any atom is 0.416 e. The molecule has 1 saturated heterocycles. The summed E-state index contributed by atoms with van der Waals surface area (Å²) >= 11 is 11.7. The van der Waals surface area contributed by atoms with Gasteiger partial charge in [-0.05, 0) is 48.1 Å². The third kappa shape index (κ3) is 6.53. The first kappa shape index (κ1) is 22.7. The highest BCUT2D eigenvalue weighted by atomic mass is 35.5. The molecule has 0 aliphatic carbocycles. The first-order valence-electron chi connectivity index (χ1n) is 9.44. The van der Waals surface area contributed by atoms with E-state index >= 15 is 0 Å². The molecular formula is C20H22ClF3N4OS. The van der Waals surface area contributed by atoms with Crippen LogP contribution in [0.15, 0.2) is 42.7 Å². The number of nitrogens with one attached hydrogen (secondary N) is 1. The topological polar surface area (TPSA) is 40.6 Å². The van der Waals surface area contributed by atoms with Gasteiger partial charge in [-0.2, -0.15) is 13.2 Å². The first-order valence-corrected chi connectivity index (χ1v) is 10.2. The number of nitrogens with zero attached hydrogens (tertiary/aromatic N) is 3. The maximum absolute atomic E-state index is 13.1. The van der Waals surface area contributed by atoms with Crippen LogP contribution in [0.1, 0.15) is 11.1 Å². The molecule has 1 fully saturated rings. The van der Waals surface area contributed by atoms with Gasteiger partial charge in [-0.3, -0.25) is 9.88 Å². The minimum atomic E-state index is -4.46. The van der Waals surface area contributed by atoms with Crippen molar-refractivity contribution in [3.05, 3.63) is 58.9 Å². The Morgan fingerprint density at radius 1 is 1.20 bits per heavy atom. The molecule has 5 nitrogen and oxygen atoms in total. The first-order chi connectivity index (χ1) is 14.3. The Morgan fingerprint density at radius 3 is 2.57 bits per heavy atom. The van der Waals surface area contributed by atoms with Crippen LogP contribution < -0.4 is 5.32 Å². The third-order valence-electron chi connectivity index (χ3n) is 4.74. The predicted molar refractivity (Wildman–Crippen MR) is 115 cm³/mol. The normalized spacial score (nSPS) is 15.1. The summed E-state index contributed by atoms with van der Waals surface area (Å²) in [5, 5.41) is 3.37. The highest BCUT2D eigenvalue weighted by molar-refractivity contribution is 7.80. The number of pyridine rings is 1. The van der Waals surface area contributed by atoms with Crippen LogP contribution in [0.4, 0.5) is 18.9 Å². The van der Waals surface area contributed by atoms with E-state index in [1.807, 2.05) is 17.0 Å². The van der Waals surface area contributed by atoms with Crippen molar-refractivity contribution < 1.29 is 17.9 Å². The molecule has 1 aromatic carbocycles. The molecule has 0 unspecified atom stereocenters. The minimum absolute atomic E-state index is 0.127. The van der Waals surface area contributed by atoms with Crippen LogP contribution in [0, 0.1) is 0 Å². The summed E-state index contributed by atoms with van der Waals surface area (Å²) in [7, 11) is 0. The number of thiocarbonyl (C=S) groups is 1. The number of anilines is 1. The largest absolute Gasteiger partial charge is 0.416 e. The molecule has 1 aromatic heterocycles. The Morgan fingerprint density at radius 2 is 1.90 bits per heavy atom. The lowest BCUT2D eigenvalue weighted by Gasteiger charge is -2.31. The molecule has 0 saturated carbocycles. The van der Waals surface area contributed by atoms with Crippen LogP contribution in [-0.2, 0) is 17.5 Å². The highest BCUT2D eigenvalue weighted by Crippen LogP contribution is 2.34. The fraction of sp³-hybridized carbons (Fsp3) is 0.400. The van der Waals surface area contributed by atoms with Crippen LogP contribution in [-0.4, -0.2) is 59.3 Å². The number of ether oxygens (including phenoxy) is 1. The Hall–Kier alpha value is -1.94. The summed E-state index contributed by atoms with van der Waals surface area (Å²) in [6.07, 6.45) is -1.08. The molecule has 1 N–H and O–H groups in total. The van der Waals surface area contributed by atoms with Crippen molar-refractivity contribution in [2.75, 3.05) is 44.7 Å². The molecule has 1 aliphatic heterocycles. The SMILES string of the molecule is FC(F)(F)c1ccc(Cl)c(NC(=S)N(CCN2CCOCC2)Cc2ccncc2)c1. The molecular weight excluding hydrogens is 437 g/mol. The van der Waals surface area contributed by atoms with Crippen molar-refractivity contribution in [1.29, 1.82) is 0 Å². The Kier molecular flexibility index (Phi) is 7.87. The van der Waals surface area contributed by atoms with Gasteiger partial charge in [0, 0.05) is 45.1 Å². The zero-order chi connectivity index (χ0) is 21.6. The van der Waals surface area contributed by atoms with E-state index in [0.717, 1.165) is 37.3 Å². The van der Waals surface area contributed by atoms with Gasteiger partial charge in [-0.1, -0.05) is 11.6 Å². The summed E-state index contributed by atoms with van der Waals surface area (Å²) in [4.78, 5) is 8.20. The van der Waals surface area contributed by atoms with Gasteiger partial charge in [0.05, 0.1) is 29.5 Å². The number of hydrogen-bond donors (Lipinski definition) is 1. The van der Waals surface area contributed by atoms with Crippen molar-refractivity contribution in [3.8, 4) is 0 Å². The van der Waals surface area contributed by atoms with Gasteiger partial charge in [-0.15, -0.1) is 0 Å². The molecule has 30 heavy (non-hydrogen) atoms. The van der Waals surface area contributed by atoms with E-state index < -0.39 is 11.7 Å². The van der Waals surface area contributed by atoms with Gasteiger partial charge in [-0.25, -0.2) is 0 Å². The van der Waals surface area contributed by atoms with Crippen molar-refractivity contribution in [1.82, 2.24) is 14.8 Å². The lowest BCUT2D eigenvalue weighted by atomic mass is 10.2. The van der Waals surface area contributed by atoms with Gasteiger partial charge < -0.3 is 15.0 Å². The van der Waals surface area contributed by atoms with E-state index in [4.69, 9.17) is 28.6 Å². The predicted octanol–water partition coefficient (Wildman–Crippen LogP) is 4.29. The Labute approximate surface area is 183 Å². The second-order valence-electron chi connectivity index (χ2n) is 6.85. The van der Waals surface area contributed by atoms with Crippen molar-refractivity contribution >= 4 is 34.6 Å². The van der Waals surface area contributed by atoms with Gasteiger partial charge in [0.25, 0.3) is 0 Å². The monoisotopic (exact) mass is 458 g/mol. The number of rotatable bonds is 6. The van der Waals surface area contributed by atoms with E-state index in [0.29, 0.717) is 31.4 Å². The zero-order valence-electron chi connectivity index (χ0n) is 16.2. The van der Waals surface area contributed by atoms with Gasteiger partial charge in [0.1, 0.15) is 0 Å². The number of halogens is 4. The summed E-state index contributed by atoms with van der Waals surface area (Å²) in [6.45, 7) is 4.90. The van der Waals surface area contributed by atoms with Gasteiger partial charge >= 0.3 is 6.18 Å². The number of morpholine rings is 1. The van der Waals surface area contributed by atoms with E-state index in [9.17, 15) is 13.2 Å². The lowest BCUT2D eigenvalue weighted by molar-refractivity contribution is -0.137. The molecule has 0 bridgehead atoms. The molecule has 1 aliphatic rings. The fourth-order valence-corrected chi connectivity index (χ4v) is 3.47. The van der Waals surface area contributed by atoms with Crippen LogP contribution in [0.2, 0.25) is 5.02 Å². The quantitative estimate of drug-likeness (QED) is 0.651. The second-order valence-corrected chi connectivity index (χ2v) is 7.65. The van der Waals surface area contributed by atoms with Gasteiger partial charge in [0.2, 0.25) is 0 Å². The van der Waals surface area contributed by atoms with Gasteiger partial charge in [0.15, 0.2) is 5.11 Å². The molecule has 0 atom stereocenters. The molecule has 0 radical (unpaired) electrons. The average molecular weight is 459 g/mol. The second kappa shape index (κ2) is 10.4. The van der Waals surface area contributed by atoms with Crippen molar-refractivity contribution in [2.24, 2.45) is 0 Å². The molecule has 2 aromatic rings. The third-order valence-corrected chi connectivity index (χ3v) is 5.42. The summed E-state index contributed by atoms with van der Waals surface area (Å²) in [6, 6.07) is 6.89. The molecule has 0 amide bonds. The van der Waals surface area contributed by atoms with Crippen LogP contribution in [0.3, 0.4) is 0 Å². The molecule has 3 rings (SSSR count). The molecule has 162 valence electrons. The molecule has 10 heteroatoms. The Balaban J connectivity index is 1.73. The number of aromatic nitrogens is 1. The van der Waals surface area contributed by atoms with Crippen LogP contribution in [0.25, 0.3) is 0 Å². The van der Waals surface area contributed by atoms with Crippen molar-refractivity contribution in [3.63, 3.8) is 0 Å². The van der Waals surface area contributed by atoms with E-state index in [-0.39, 0.29) is 10.7 Å². The average Bonchev–Trinajstić information content (AvgIpc) is 2.73. The number of hydrogen-bond acceptors (Lipinski definition) is 4. The smallest absolute Gasteiger partial charge is 0.379 e. The summed E-state index contributed by atoms with van der Waals surface area (Å²) < 4.78 is 44.6. The Bertz CT molecular complexity index is 848. The standard InChI is InChI=1S/C20H22ClF3N4OS/c21-17-2-1-16(20(22,23)24)13-18(17)26-19(30)28(14-15-3-5-25-6-4-15)8-7-27-9-11-29-12-10-27/h1-6,13H,7-12,14H2,(H,26,30). The zero-order valence-corrected chi connectivity index (χ0v) is 17.7. The summed E-state index contributed by atoms with van der Waals surface area (Å²) in [5.41, 5.74) is 0.333. The van der Waals surface area contributed by atoms with E-state index in [1.165, 1.54) is 6.07 Å². The minimum Gasteiger partial charge on any atom is -0.379 e. The van der Waals surface area contributed by atoms with E-state index in [2.05, 4.69) is 15.2 Å². The number of benzene rings is 1.